The molecule has 1 saturated heterocycles. The number of carbonyl (C=O) groups is 1. The molecule has 1 fully saturated rings. The van der Waals surface area contributed by atoms with Crippen LogP contribution in [0, 0.1) is 16.7 Å². The third kappa shape index (κ3) is 3.23. The molecule has 4 nitrogen and oxygen atoms in total. The first-order valence-corrected chi connectivity index (χ1v) is 7.06. The second-order valence-corrected chi connectivity index (χ2v) is 5.11. The number of hydrogen-bond donors (Lipinski definition) is 1. The minimum Gasteiger partial charge on any atom is -0.351 e. The summed E-state index contributed by atoms with van der Waals surface area (Å²) in [5, 5.41) is 12.3. The van der Waals surface area contributed by atoms with E-state index in [9.17, 15) is 10.1 Å². The number of likely N-dealkylation sites (tertiary alicyclic amines) is 1. The molecule has 0 aromatic heterocycles. The van der Waals surface area contributed by atoms with Crippen LogP contribution in [-0.4, -0.2) is 36.5 Å². The van der Waals surface area contributed by atoms with Gasteiger partial charge < -0.3 is 10.2 Å². The fourth-order valence-electron chi connectivity index (χ4n) is 2.56. The normalized spacial score (nSPS) is 21.3. The first kappa shape index (κ1) is 15.0. The number of nitrogens with one attached hydrogen (secondary N) is 1. The molecular formula is C14H25N3O. The number of rotatable bonds is 5. The molecule has 0 spiro atoms. The van der Waals surface area contributed by atoms with Crippen molar-refractivity contribution in [3.63, 3.8) is 0 Å². The van der Waals surface area contributed by atoms with E-state index in [-0.39, 0.29) is 11.9 Å². The van der Waals surface area contributed by atoms with E-state index in [1.54, 1.807) is 0 Å². The van der Waals surface area contributed by atoms with E-state index in [2.05, 4.69) is 23.2 Å². The molecule has 0 saturated carbocycles. The van der Waals surface area contributed by atoms with Crippen LogP contribution in [-0.2, 0) is 4.79 Å². The maximum Gasteiger partial charge on any atom is 0.240 e. The molecule has 1 atom stereocenters. The van der Waals surface area contributed by atoms with Crippen molar-refractivity contribution >= 4 is 5.91 Å². The molecule has 1 N–H and O–H groups in total. The zero-order valence-corrected chi connectivity index (χ0v) is 11.8. The maximum absolute atomic E-state index is 12.3. The molecule has 0 aromatic carbocycles. The summed E-state index contributed by atoms with van der Waals surface area (Å²) in [5.41, 5.74) is -0.839. The van der Waals surface area contributed by atoms with E-state index in [4.69, 9.17) is 0 Å². The van der Waals surface area contributed by atoms with E-state index < -0.39 is 5.41 Å². The standard InChI is InChI=1S/C14H25N3O/c1-4-14(5-2,11-15)13(18)16-12-8-7-9-17(6-3)10-12/h12H,4-10H2,1-3H3,(H,16,18). The lowest BCUT2D eigenvalue weighted by Gasteiger charge is -2.34. The van der Waals surface area contributed by atoms with Crippen LogP contribution in [0.4, 0.5) is 0 Å². The van der Waals surface area contributed by atoms with Crippen molar-refractivity contribution in [2.24, 2.45) is 5.41 Å². The first-order chi connectivity index (χ1) is 8.61. The molecule has 18 heavy (non-hydrogen) atoms. The van der Waals surface area contributed by atoms with E-state index in [1.807, 2.05) is 13.8 Å². The van der Waals surface area contributed by atoms with E-state index in [1.165, 1.54) is 0 Å². The highest BCUT2D eigenvalue weighted by atomic mass is 16.2. The maximum atomic E-state index is 12.3. The number of nitrogens with zero attached hydrogens (tertiary/aromatic N) is 2. The predicted molar refractivity (Wildman–Crippen MR) is 71.9 cm³/mol. The van der Waals surface area contributed by atoms with Gasteiger partial charge in [-0.2, -0.15) is 5.26 Å². The van der Waals surface area contributed by atoms with Crippen molar-refractivity contribution < 1.29 is 4.79 Å². The molecular weight excluding hydrogens is 226 g/mol. The Labute approximate surface area is 110 Å². The van der Waals surface area contributed by atoms with Gasteiger partial charge in [-0.15, -0.1) is 0 Å². The summed E-state index contributed by atoms with van der Waals surface area (Å²) >= 11 is 0. The van der Waals surface area contributed by atoms with Crippen molar-refractivity contribution in [2.45, 2.75) is 52.5 Å². The highest BCUT2D eigenvalue weighted by molar-refractivity contribution is 5.85. The number of nitriles is 1. The lowest BCUT2D eigenvalue weighted by Crippen LogP contribution is -2.51. The second-order valence-electron chi connectivity index (χ2n) is 5.11. The second kappa shape index (κ2) is 6.75. The van der Waals surface area contributed by atoms with Gasteiger partial charge in [0.1, 0.15) is 5.41 Å². The molecule has 1 rings (SSSR count). The van der Waals surface area contributed by atoms with Gasteiger partial charge in [0.05, 0.1) is 6.07 Å². The van der Waals surface area contributed by atoms with Crippen LogP contribution < -0.4 is 5.32 Å². The van der Waals surface area contributed by atoms with Crippen molar-refractivity contribution in [3.05, 3.63) is 0 Å². The van der Waals surface area contributed by atoms with Crippen molar-refractivity contribution in [1.29, 1.82) is 5.26 Å². The zero-order chi connectivity index (χ0) is 13.6. The SMILES string of the molecule is CCN1CCCC(NC(=O)C(C#N)(CC)CC)C1. The van der Waals surface area contributed by atoms with Gasteiger partial charge in [-0.05, 0) is 38.8 Å². The molecule has 1 amide bonds. The van der Waals surface area contributed by atoms with Gasteiger partial charge in [0, 0.05) is 12.6 Å². The highest BCUT2D eigenvalue weighted by Crippen LogP contribution is 2.26. The Morgan fingerprint density at radius 3 is 2.61 bits per heavy atom. The minimum atomic E-state index is -0.839. The number of likely N-dealkylation sites (N-methyl/N-ethyl adjacent to an activating group) is 1. The summed E-state index contributed by atoms with van der Waals surface area (Å²) in [5.74, 6) is -0.0852. The average molecular weight is 251 g/mol. The molecule has 0 aromatic rings. The lowest BCUT2D eigenvalue weighted by molar-refractivity contribution is -0.129. The van der Waals surface area contributed by atoms with E-state index in [0.717, 1.165) is 32.5 Å². The Bertz CT molecular complexity index is 317. The van der Waals surface area contributed by atoms with E-state index >= 15 is 0 Å². The largest absolute Gasteiger partial charge is 0.351 e. The third-order valence-electron chi connectivity index (χ3n) is 4.14. The molecule has 102 valence electrons. The molecule has 0 bridgehead atoms. The molecule has 4 heteroatoms. The van der Waals surface area contributed by atoms with Crippen LogP contribution >= 0.6 is 0 Å². The topological polar surface area (TPSA) is 56.1 Å². The molecule has 0 aliphatic carbocycles. The molecule has 1 aliphatic heterocycles. The van der Waals surface area contributed by atoms with Gasteiger partial charge >= 0.3 is 0 Å². The third-order valence-corrected chi connectivity index (χ3v) is 4.14. The fraction of sp³-hybridized carbons (Fsp3) is 0.857. The molecule has 1 aliphatic rings. The van der Waals surface area contributed by atoms with Gasteiger partial charge in [0.25, 0.3) is 0 Å². The van der Waals surface area contributed by atoms with Gasteiger partial charge in [-0.3, -0.25) is 4.79 Å². The Balaban J connectivity index is 2.61. The number of amides is 1. The molecule has 1 unspecified atom stereocenters. The highest BCUT2D eigenvalue weighted by Gasteiger charge is 2.36. The Hall–Kier alpha value is -1.08. The molecule has 1 heterocycles. The Morgan fingerprint density at radius 2 is 2.11 bits per heavy atom. The number of piperidine rings is 1. The molecule has 0 radical (unpaired) electrons. The van der Waals surface area contributed by atoms with Gasteiger partial charge in [0.15, 0.2) is 0 Å². The summed E-state index contributed by atoms with van der Waals surface area (Å²) in [6, 6.07) is 2.41. The van der Waals surface area contributed by atoms with Crippen LogP contribution in [0.15, 0.2) is 0 Å². The van der Waals surface area contributed by atoms with Gasteiger partial charge in [-0.25, -0.2) is 0 Å². The quantitative estimate of drug-likeness (QED) is 0.812. The zero-order valence-electron chi connectivity index (χ0n) is 11.8. The summed E-state index contributed by atoms with van der Waals surface area (Å²) in [6.45, 7) is 9.02. The van der Waals surface area contributed by atoms with Gasteiger partial charge in [-0.1, -0.05) is 20.8 Å². The average Bonchev–Trinajstić information content (AvgIpc) is 2.41. The summed E-state index contributed by atoms with van der Waals surface area (Å²) < 4.78 is 0. The Kier molecular flexibility index (Phi) is 5.61. The summed E-state index contributed by atoms with van der Waals surface area (Å²) in [7, 11) is 0. The van der Waals surface area contributed by atoms with Crippen molar-refractivity contribution in [2.75, 3.05) is 19.6 Å². The van der Waals surface area contributed by atoms with Crippen LogP contribution in [0.2, 0.25) is 0 Å². The van der Waals surface area contributed by atoms with E-state index in [0.29, 0.717) is 12.8 Å². The fourth-order valence-corrected chi connectivity index (χ4v) is 2.56. The number of hydrogen-bond acceptors (Lipinski definition) is 3. The summed E-state index contributed by atoms with van der Waals surface area (Å²) in [4.78, 5) is 14.6. The van der Waals surface area contributed by atoms with Crippen LogP contribution in [0.25, 0.3) is 0 Å². The summed E-state index contributed by atoms with van der Waals surface area (Å²) in [6.07, 6.45) is 3.31. The first-order valence-electron chi connectivity index (χ1n) is 7.06. The lowest BCUT2D eigenvalue weighted by atomic mass is 9.82. The van der Waals surface area contributed by atoms with Crippen molar-refractivity contribution in [1.82, 2.24) is 10.2 Å². The smallest absolute Gasteiger partial charge is 0.240 e. The monoisotopic (exact) mass is 251 g/mol. The van der Waals surface area contributed by atoms with Crippen LogP contribution in [0.3, 0.4) is 0 Å². The minimum absolute atomic E-state index is 0.0852. The predicted octanol–water partition coefficient (Wildman–Crippen LogP) is 1.92. The van der Waals surface area contributed by atoms with Crippen LogP contribution in [0.1, 0.15) is 46.5 Å². The number of carbonyl (C=O) groups excluding carboxylic acids is 1. The Morgan fingerprint density at radius 1 is 1.44 bits per heavy atom. The van der Waals surface area contributed by atoms with Crippen molar-refractivity contribution in [3.8, 4) is 6.07 Å². The van der Waals surface area contributed by atoms with Gasteiger partial charge in [0.2, 0.25) is 5.91 Å². The van der Waals surface area contributed by atoms with Crippen LogP contribution in [0.5, 0.6) is 0 Å².